The highest BCUT2D eigenvalue weighted by Crippen LogP contribution is 2.38. The number of benzene rings is 2. The zero-order valence-electron chi connectivity index (χ0n) is 20.9. The maximum absolute atomic E-state index is 13.3. The lowest BCUT2D eigenvalue weighted by Gasteiger charge is -2.34. The summed E-state index contributed by atoms with van der Waals surface area (Å²) in [5.41, 5.74) is 4.76. The molecule has 35 heavy (non-hydrogen) atoms. The molecule has 1 atom stereocenters. The second-order valence-corrected chi connectivity index (χ2v) is 9.42. The lowest BCUT2D eigenvalue weighted by molar-refractivity contribution is -0.140. The first-order chi connectivity index (χ1) is 16.9. The number of likely N-dealkylation sites (tertiary alicyclic amines) is 1. The van der Waals surface area contributed by atoms with Gasteiger partial charge < -0.3 is 14.5 Å². The Balaban J connectivity index is 1.58. The molecule has 0 bridgehead atoms. The number of aryl methyl sites for hydroxylation is 1. The van der Waals surface area contributed by atoms with Crippen molar-refractivity contribution >= 4 is 17.8 Å². The van der Waals surface area contributed by atoms with E-state index in [0.717, 1.165) is 42.6 Å². The molecule has 0 aliphatic carbocycles. The van der Waals surface area contributed by atoms with E-state index in [9.17, 15) is 14.4 Å². The van der Waals surface area contributed by atoms with Crippen molar-refractivity contribution in [3.8, 4) is 0 Å². The number of esters is 1. The average Bonchev–Trinajstić information content (AvgIpc) is 2.86. The Morgan fingerprint density at radius 2 is 1.71 bits per heavy atom. The Morgan fingerprint density at radius 3 is 2.37 bits per heavy atom. The molecule has 2 aromatic rings. The molecule has 0 spiro atoms. The fourth-order valence-corrected chi connectivity index (χ4v) is 5.06. The van der Waals surface area contributed by atoms with E-state index in [1.165, 1.54) is 6.42 Å². The van der Waals surface area contributed by atoms with Crippen molar-refractivity contribution in [1.82, 2.24) is 9.80 Å². The topological polar surface area (TPSA) is 66.9 Å². The van der Waals surface area contributed by atoms with Gasteiger partial charge in [-0.2, -0.15) is 0 Å². The zero-order chi connectivity index (χ0) is 24.9. The van der Waals surface area contributed by atoms with E-state index in [1.807, 2.05) is 67.3 Å². The third-order valence-electron chi connectivity index (χ3n) is 6.95. The number of carbonyl (C=O) groups excluding carboxylic acids is 3. The van der Waals surface area contributed by atoms with Crippen LogP contribution in [0.4, 0.5) is 0 Å². The van der Waals surface area contributed by atoms with Gasteiger partial charge in [-0.05, 0) is 63.3 Å². The van der Waals surface area contributed by atoms with E-state index >= 15 is 0 Å². The molecule has 2 heterocycles. The molecule has 6 nitrogen and oxygen atoms in total. The lowest BCUT2D eigenvalue weighted by atomic mass is 9.83. The second kappa shape index (κ2) is 10.9. The highest BCUT2D eigenvalue weighted by Gasteiger charge is 2.37. The van der Waals surface area contributed by atoms with Gasteiger partial charge in [-0.3, -0.25) is 9.59 Å². The van der Waals surface area contributed by atoms with E-state index in [1.54, 1.807) is 11.8 Å². The van der Waals surface area contributed by atoms with Crippen LogP contribution in [0.25, 0.3) is 0 Å². The molecule has 2 amide bonds. The summed E-state index contributed by atoms with van der Waals surface area (Å²) in [5.74, 6) is -0.679. The van der Waals surface area contributed by atoms with Gasteiger partial charge in [0.2, 0.25) is 5.91 Å². The molecule has 0 aromatic heterocycles. The Hall–Kier alpha value is -3.41. The highest BCUT2D eigenvalue weighted by atomic mass is 16.5. The maximum atomic E-state index is 13.3. The Bertz CT molecular complexity index is 1130. The second-order valence-electron chi connectivity index (χ2n) is 9.42. The molecule has 0 N–H and O–H groups in total. The Morgan fingerprint density at radius 1 is 1.00 bits per heavy atom. The minimum Gasteiger partial charge on any atom is -0.463 e. The van der Waals surface area contributed by atoms with Gasteiger partial charge in [-0.1, -0.05) is 42.0 Å². The quantitative estimate of drug-likeness (QED) is 0.554. The molecule has 0 saturated carbocycles. The van der Waals surface area contributed by atoms with Crippen molar-refractivity contribution in [2.75, 3.05) is 19.7 Å². The minimum absolute atomic E-state index is 0.0319. The van der Waals surface area contributed by atoms with Crippen LogP contribution in [-0.4, -0.2) is 47.3 Å². The maximum Gasteiger partial charge on any atom is 0.336 e. The number of piperidine rings is 1. The molecule has 0 radical (unpaired) electrons. The van der Waals surface area contributed by atoms with E-state index in [0.29, 0.717) is 23.4 Å². The summed E-state index contributed by atoms with van der Waals surface area (Å²) in [6, 6.07) is 15.4. The minimum atomic E-state index is -0.378. The number of rotatable bonds is 6. The molecule has 1 saturated heterocycles. The Labute approximate surface area is 207 Å². The SMILES string of the molecule is CCOC(=O)C1=C(C)N(Cc2ccc(C(=O)N3CCCCC3)cc2)C(=O)C[C@H]1c1cccc(C)c1. The van der Waals surface area contributed by atoms with Crippen molar-refractivity contribution in [3.63, 3.8) is 0 Å². The Kier molecular flexibility index (Phi) is 7.69. The molecular formula is C29H34N2O4. The van der Waals surface area contributed by atoms with Crippen LogP contribution in [0.2, 0.25) is 0 Å². The molecule has 184 valence electrons. The van der Waals surface area contributed by atoms with Crippen molar-refractivity contribution < 1.29 is 19.1 Å². The summed E-state index contributed by atoms with van der Waals surface area (Å²) in [7, 11) is 0. The molecule has 0 unspecified atom stereocenters. The summed E-state index contributed by atoms with van der Waals surface area (Å²) < 4.78 is 5.39. The van der Waals surface area contributed by atoms with E-state index in [2.05, 4.69) is 0 Å². The first-order valence-corrected chi connectivity index (χ1v) is 12.5. The third-order valence-corrected chi connectivity index (χ3v) is 6.95. The predicted molar refractivity (Wildman–Crippen MR) is 135 cm³/mol. The fourth-order valence-electron chi connectivity index (χ4n) is 5.06. The number of carbonyl (C=O) groups is 3. The van der Waals surface area contributed by atoms with Gasteiger partial charge in [-0.15, -0.1) is 0 Å². The molecule has 6 heteroatoms. The first-order valence-electron chi connectivity index (χ1n) is 12.5. The van der Waals surface area contributed by atoms with Crippen LogP contribution < -0.4 is 0 Å². The van der Waals surface area contributed by atoms with Crippen molar-refractivity contribution in [2.24, 2.45) is 0 Å². The van der Waals surface area contributed by atoms with E-state index < -0.39 is 0 Å². The summed E-state index contributed by atoms with van der Waals surface area (Å²) in [6.07, 6.45) is 3.50. The van der Waals surface area contributed by atoms with E-state index in [-0.39, 0.29) is 36.7 Å². The van der Waals surface area contributed by atoms with Gasteiger partial charge in [-0.25, -0.2) is 4.79 Å². The number of hydrogen-bond donors (Lipinski definition) is 0. The molecule has 2 aliphatic rings. The highest BCUT2D eigenvalue weighted by molar-refractivity contribution is 5.96. The van der Waals surface area contributed by atoms with Crippen molar-refractivity contribution in [2.45, 2.75) is 58.9 Å². The van der Waals surface area contributed by atoms with Crippen molar-refractivity contribution in [1.29, 1.82) is 0 Å². The number of ether oxygens (including phenoxy) is 1. The molecular weight excluding hydrogens is 440 g/mol. The zero-order valence-corrected chi connectivity index (χ0v) is 20.9. The van der Waals surface area contributed by atoms with Crippen LogP contribution in [0.5, 0.6) is 0 Å². The monoisotopic (exact) mass is 474 g/mol. The smallest absolute Gasteiger partial charge is 0.336 e. The molecule has 2 aromatic carbocycles. The van der Waals surface area contributed by atoms with Crippen molar-refractivity contribution in [3.05, 3.63) is 82.1 Å². The van der Waals surface area contributed by atoms with E-state index in [4.69, 9.17) is 4.74 Å². The largest absolute Gasteiger partial charge is 0.463 e. The van der Waals surface area contributed by atoms with Gasteiger partial charge in [0, 0.05) is 36.7 Å². The normalized spacial score (nSPS) is 18.6. The van der Waals surface area contributed by atoms with Gasteiger partial charge >= 0.3 is 5.97 Å². The van der Waals surface area contributed by atoms with Crippen LogP contribution >= 0.6 is 0 Å². The van der Waals surface area contributed by atoms with Crippen LogP contribution in [0.1, 0.15) is 72.5 Å². The van der Waals surface area contributed by atoms with Crippen LogP contribution in [-0.2, 0) is 20.9 Å². The lowest BCUT2D eigenvalue weighted by Crippen LogP contribution is -2.38. The molecule has 1 fully saturated rings. The first kappa shape index (κ1) is 24.7. The fraction of sp³-hybridized carbons (Fsp3) is 0.414. The van der Waals surface area contributed by atoms with Crippen LogP contribution in [0, 0.1) is 6.92 Å². The standard InChI is InChI=1S/C29H34N2O4/c1-4-35-29(34)27-21(3)31(26(32)18-25(27)24-10-8-9-20(2)17-24)19-22-11-13-23(14-12-22)28(33)30-15-6-5-7-16-30/h8-14,17,25H,4-7,15-16,18-19H2,1-3H3/t25-/m0/s1. The number of amides is 2. The summed E-state index contributed by atoms with van der Waals surface area (Å²) >= 11 is 0. The van der Waals surface area contributed by atoms with Crippen LogP contribution in [0.15, 0.2) is 59.8 Å². The molecule has 2 aliphatic heterocycles. The predicted octanol–water partition coefficient (Wildman–Crippen LogP) is 4.97. The molecule has 4 rings (SSSR count). The van der Waals surface area contributed by atoms with Gasteiger partial charge in [0.25, 0.3) is 5.91 Å². The average molecular weight is 475 g/mol. The summed E-state index contributed by atoms with van der Waals surface area (Å²) in [4.78, 5) is 42.6. The van der Waals surface area contributed by atoms with Gasteiger partial charge in [0.05, 0.1) is 18.7 Å². The summed E-state index contributed by atoms with van der Waals surface area (Å²) in [6.45, 7) is 7.84. The number of nitrogens with zero attached hydrogens (tertiary/aromatic N) is 2. The summed E-state index contributed by atoms with van der Waals surface area (Å²) in [5, 5.41) is 0. The number of hydrogen-bond acceptors (Lipinski definition) is 4. The van der Waals surface area contributed by atoms with Crippen LogP contribution in [0.3, 0.4) is 0 Å². The third kappa shape index (κ3) is 5.47. The number of allylic oxidation sites excluding steroid dienone is 1. The van der Waals surface area contributed by atoms with Gasteiger partial charge in [0.15, 0.2) is 0 Å². The van der Waals surface area contributed by atoms with Gasteiger partial charge in [0.1, 0.15) is 0 Å².